The van der Waals surface area contributed by atoms with Crippen LogP contribution in [0.15, 0.2) is 36.7 Å². The second kappa shape index (κ2) is 7.71. The van der Waals surface area contributed by atoms with Crippen LogP contribution in [0.5, 0.6) is 0 Å². The summed E-state index contributed by atoms with van der Waals surface area (Å²) in [6.07, 6.45) is 2.01. The fourth-order valence-corrected chi connectivity index (χ4v) is 3.12. The molecule has 0 saturated heterocycles. The zero-order valence-electron chi connectivity index (χ0n) is 14.9. The Morgan fingerprint density at radius 1 is 1.26 bits per heavy atom. The van der Waals surface area contributed by atoms with Crippen molar-refractivity contribution in [1.29, 1.82) is 0 Å². The molecule has 9 heteroatoms. The van der Waals surface area contributed by atoms with Crippen LogP contribution in [0.4, 0.5) is 5.95 Å². The minimum atomic E-state index is -0.691. The van der Waals surface area contributed by atoms with E-state index in [0.29, 0.717) is 10.6 Å². The average Bonchev–Trinajstić information content (AvgIpc) is 3.20. The van der Waals surface area contributed by atoms with Crippen LogP contribution in [0, 0.1) is 24.0 Å². The molecule has 0 unspecified atom stereocenters. The van der Waals surface area contributed by atoms with Crippen LogP contribution < -0.4 is 0 Å². The number of carbonyl (C=O) groups is 1. The highest BCUT2D eigenvalue weighted by molar-refractivity contribution is 6.30. The van der Waals surface area contributed by atoms with Gasteiger partial charge in [0.1, 0.15) is 6.54 Å². The molecule has 3 aromatic rings. The molecule has 0 radical (unpaired) electrons. The number of benzene rings is 1. The zero-order chi connectivity index (χ0) is 19.6. The van der Waals surface area contributed by atoms with E-state index < -0.39 is 10.9 Å². The van der Waals surface area contributed by atoms with E-state index in [9.17, 15) is 14.9 Å². The van der Waals surface area contributed by atoms with Gasteiger partial charge in [0.05, 0.1) is 0 Å². The minimum absolute atomic E-state index is 0.0949. The Bertz CT molecular complexity index is 991. The van der Waals surface area contributed by atoms with Gasteiger partial charge in [0.15, 0.2) is 5.78 Å². The maximum Gasteiger partial charge on any atom is 0.490 e. The second-order valence-corrected chi connectivity index (χ2v) is 6.67. The van der Waals surface area contributed by atoms with Crippen LogP contribution in [0.3, 0.4) is 0 Å². The molecule has 0 amide bonds. The number of nitro groups is 1. The highest BCUT2D eigenvalue weighted by atomic mass is 35.5. The Morgan fingerprint density at radius 3 is 2.59 bits per heavy atom. The number of rotatable bonds is 7. The molecule has 8 nitrogen and oxygen atoms in total. The zero-order valence-corrected chi connectivity index (χ0v) is 15.7. The highest BCUT2D eigenvalue weighted by Gasteiger charge is 2.20. The largest absolute Gasteiger partial charge is 0.490 e. The van der Waals surface area contributed by atoms with E-state index in [4.69, 9.17) is 11.6 Å². The fraction of sp³-hybridized carbons (Fsp3) is 0.278. The molecular formula is C18H18ClN5O3. The van der Waals surface area contributed by atoms with Gasteiger partial charge in [0, 0.05) is 33.6 Å². The van der Waals surface area contributed by atoms with Gasteiger partial charge in [0.2, 0.25) is 6.33 Å². The first kappa shape index (κ1) is 18.8. The molecule has 3 rings (SSSR count). The van der Waals surface area contributed by atoms with Gasteiger partial charge in [-0.15, -0.1) is 0 Å². The third-order valence-corrected chi connectivity index (χ3v) is 4.66. The normalized spacial score (nSPS) is 10.9. The number of halogens is 1. The van der Waals surface area contributed by atoms with Crippen molar-refractivity contribution in [1.82, 2.24) is 19.3 Å². The van der Waals surface area contributed by atoms with Gasteiger partial charge < -0.3 is 14.7 Å². The van der Waals surface area contributed by atoms with Gasteiger partial charge in [-0.1, -0.05) is 28.7 Å². The number of aryl methyl sites for hydroxylation is 2. The smallest absolute Gasteiger partial charge is 0.390 e. The molecule has 0 bridgehead atoms. The van der Waals surface area contributed by atoms with E-state index in [1.165, 1.54) is 11.0 Å². The lowest BCUT2D eigenvalue weighted by atomic mass is 10.1. The van der Waals surface area contributed by atoms with Gasteiger partial charge in [-0.2, -0.15) is 4.68 Å². The Hall–Kier alpha value is -3.00. The molecule has 0 spiro atoms. The number of ketones is 1. The summed E-state index contributed by atoms with van der Waals surface area (Å²) >= 11 is 5.91. The Balaban J connectivity index is 1.72. The van der Waals surface area contributed by atoms with Gasteiger partial charge in [-0.25, -0.2) is 0 Å². The molecule has 0 atom stereocenters. The van der Waals surface area contributed by atoms with E-state index in [1.807, 2.05) is 44.2 Å². The summed E-state index contributed by atoms with van der Waals surface area (Å²) in [6, 6.07) is 9.53. The van der Waals surface area contributed by atoms with Crippen LogP contribution in [0.25, 0.3) is 0 Å². The average molecular weight is 388 g/mol. The molecule has 1 aromatic carbocycles. The van der Waals surface area contributed by atoms with Crippen molar-refractivity contribution in [3.05, 3.63) is 74.3 Å². The predicted octanol–water partition coefficient (Wildman–Crippen LogP) is 3.38. The summed E-state index contributed by atoms with van der Waals surface area (Å²) in [5.74, 6) is -0.683. The summed E-state index contributed by atoms with van der Waals surface area (Å²) in [6.45, 7) is 4.49. The van der Waals surface area contributed by atoms with Crippen LogP contribution >= 0.6 is 11.6 Å². The molecule has 140 valence electrons. The maximum atomic E-state index is 12.6. The van der Waals surface area contributed by atoms with Gasteiger partial charge in [-0.3, -0.25) is 4.79 Å². The molecule has 0 fully saturated rings. The first-order valence-electron chi connectivity index (χ1n) is 8.33. The predicted molar refractivity (Wildman–Crippen MR) is 100 cm³/mol. The fourth-order valence-electron chi connectivity index (χ4n) is 3.00. The molecular weight excluding hydrogens is 370 g/mol. The van der Waals surface area contributed by atoms with E-state index >= 15 is 0 Å². The second-order valence-electron chi connectivity index (χ2n) is 6.24. The van der Waals surface area contributed by atoms with E-state index in [1.54, 1.807) is 0 Å². The SMILES string of the molecule is Cc1cc(C(=O)Cn2cnc([N+](=O)[O-])n2)c(C)n1CCc1ccc(Cl)cc1. The van der Waals surface area contributed by atoms with E-state index in [0.717, 1.165) is 29.9 Å². The number of carbonyl (C=O) groups excluding carboxylic acids is 1. The number of aromatic nitrogens is 4. The first-order valence-corrected chi connectivity index (χ1v) is 8.71. The lowest BCUT2D eigenvalue weighted by Crippen LogP contribution is -2.13. The molecule has 2 heterocycles. The highest BCUT2D eigenvalue weighted by Crippen LogP contribution is 2.18. The Labute approximate surface area is 160 Å². The van der Waals surface area contributed by atoms with Crippen molar-refractivity contribution in [3.8, 4) is 0 Å². The third-order valence-electron chi connectivity index (χ3n) is 4.40. The summed E-state index contributed by atoms with van der Waals surface area (Å²) < 4.78 is 3.27. The Morgan fingerprint density at radius 2 is 1.96 bits per heavy atom. The number of nitrogens with zero attached hydrogens (tertiary/aromatic N) is 5. The molecule has 0 aliphatic rings. The molecule has 0 saturated carbocycles. The summed E-state index contributed by atoms with van der Waals surface area (Å²) in [5.41, 5.74) is 3.59. The van der Waals surface area contributed by atoms with Gasteiger partial charge in [0.25, 0.3) is 0 Å². The van der Waals surface area contributed by atoms with Crippen molar-refractivity contribution in [2.24, 2.45) is 0 Å². The third kappa shape index (κ3) is 4.22. The van der Waals surface area contributed by atoms with Crippen molar-refractivity contribution in [3.63, 3.8) is 0 Å². The van der Waals surface area contributed by atoms with Gasteiger partial charge >= 0.3 is 5.95 Å². The van der Waals surface area contributed by atoms with Crippen LogP contribution in [0.2, 0.25) is 5.02 Å². The molecule has 2 aromatic heterocycles. The molecule has 27 heavy (non-hydrogen) atoms. The van der Waals surface area contributed by atoms with E-state index in [2.05, 4.69) is 14.6 Å². The molecule has 0 N–H and O–H groups in total. The van der Waals surface area contributed by atoms with Gasteiger partial charge in [-0.05, 0) is 49.0 Å². The van der Waals surface area contributed by atoms with Crippen molar-refractivity contribution in [2.45, 2.75) is 33.4 Å². The van der Waals surface area contributed by atoms with Crippen LogP contribution in [0.1, 0.15) is 27.3 Å². The van der Waals surface area contributed by atoms with Crippen LogP contribution in [-0.4, -0.2) is 30.0 Å². The van der Waals surface area contributed by atoms with Crippen molar-refractivity contribution >= 4 is 23.3 Å². The lowest BCUT2D eigenvalue weighted by Gasteiger charge is -2.10. The minimum Gasteiger partial charge on any atom is -0.390 e. The Kier molecular flexibility index (Phi) is 5.36. The number of hydrogen-bond acceptors (Lipinski definition) is 5. The number of Topliss-reactive ketones (excluding diaryl/α,β-unsaturated/α-hetero) is 1. The summed E-state index contributed by atoms with van der Waals surface area (Å²) in [7, 11) is 0. The van der Waals surface area contributed by atoms with E-state index in [-0.39, 0.29) is 12.3 Å². The molecule has 0 aliphatic heterocycles. The summed E-state index contributed by atoms with van der Waals surface area (Å²) in [4.78, 5) is 26.1. The summed E-state index contributed by atoms with van der Waals surface area (Å²) in [5, 5.41) is 15.0. The van der Waals surface area contributed by atoms with Crippen LogP contribution in [-0.2, 0) is 19.5 Å². The molecule has 0 aliphatic carbocycles. The van der Waals surface area contributed by atoms with Crippen molar-refractivity contribution in [2.75, 3.05) is 0 Å². The van der Waals surface area contributed by atoms with Crippen molar-refractivity contribution < 1.29 is 9.72 Å². The monoisotopic (exact) mass is 387 g/mol. The first-order chi connectivity index (χ1) is 12.8. The maximum absolute atomic E-state index is 12.6. The lowest BCUT2D eigenvalue weighted by molar-refractivity contribution is -0.394. The quantitative estimate of drug-likeness (QED) is 0.351. The number of hydrogen-bond donors (Lipinski definition) is 0. The topological polar surface area (TPSA) is 95.8 Å². The standard InChI is InChI=1S/C18H18ClN5O3/c1-12-9-16(17(25)10-22-11-20-18(21-22)24(26)27)13(2)23(12)8-7-14-3-5-15(19)6-4-14/h3-6,9,11H,7-8,10H2,1-2H3.